The zero-order valence-electron chi connectivity index (χ0n) is 12.2. The van der Waals surface area contributed by atoms with Gasteiger partial charge in [0.05, 0.1) is 5.56 Å². The molecule has 0 saturated carbocycles. The number of nitrogens with zero attached hydrogens (tertiary/aromatic N) is 1. The minimum absolute atomic E-state index is 0.127. The van der Waals surface area contributed by atoms with Gasteiger partial charge in [0.15, 0.2) is 0 Å². The van der Waals surface area contributed by atoms with E-state index in [0.29, 0.717) is 30.6 Å². The van der Waals surface area contributed by atoms with E-state index in [9.17, 15) is 9.18 Å². The molecule has 1 aliphatic heterocycles. The molecule has 1 aliphatic rings. The van der Waals surface area contributed by atoms with Gasteiger partial charge in [-0.2, -0.15) is 0 Å². The molecule has 0 aromatic heterocycles. The number of amides is 1. The molecule has 2 rings (SSSR count). The van der Waals surface area contributed by atoms with Crippen LogP contribution in [0, 0.1) is 17.7 Å². The molecule has 1 saturated heterocycles. The highest BCUT2D eigenvalue weighted by Crippen LogP contribution is 2.25. The van der Waals surface area contributed by atoms with Crippen molar-refractivity contribution in [2.45, 2.75) is 33.1 Å². The van der Waals surface area contributed by atoms with E-state index in [4.69, 9.17) is 5.73 Å². The molecule has 0 spiro atoms. The van der Waals surface area contributed by atoms with E-state index >= 15 is 0 Å². The summed E-state index contributed by atoms with van der Waals surface area (Å²) in [5, 5.41) is 0. The summed E-state index contributed by atoms with van der Waals surface area (Å²) in [7, 11) is 0. The molecule has 3 nitrogen and oxygen atoms in total. The molecular formula is C16H23FN2O. The Morgan fingerprint density at radius 1 is 1.35 bits per heavy atom. The third-order valence-electron chi connectivity index (χ3n) is 4.23. The van der Waals surface area contributed by atoms with Crippen LogP contribution in [0.15, 0.2) is 18.2 Å². The van der Waals surface area contributed by atoms with E-state index in [2.05, 4.69) is 13.8 Å². The predicted molar refractivity (Wildman–Crippen MR) is 78.9 cm³/mol. The number of carbonyl (C=O) groups is 1. The largest absolute Gasteiger partial charge is 0.399 e. The number of carbonyl (C=O) groups excluding carboxylic acids is 1. The Morgan fingerprint density at radius 2 is 2.10 bits per heavy atom. The average Bonchev–Trinajstić information content (AvgIpc) is 2.63. The van der Waals surface area contributed by atoms with Crippen molar-refractivity contribution < 1.29 is 9.18 Å². The molecule has 0 radical (unpaired) electrons. The highest BCUT2D eigenvalue weighted by molar-refractivity contribution is 5.94. The maximum atomic E-state index is 13.8. The quantitative estimate of drug-likeness (QED) is 0.844. The number of halogens is 1. The highest BCUT2D eigenvalue weighted by Gasteiger charge is 2.24. The molecule has 0 aliphatic carbocycles. The lowest BCUT2D eigenvalue weighted by molar-refractivity contribution is 0.0754. The molecular weight excluding hydrogens is 255 g/mol. The normalized spacial score (nSPS) is 20.0. The van der Waals surface area contributed by atoms with Crippen LogP contribution >= 0.6 is 0 Å². The molecule has 1 aromatic rings. The van der Waals surface area contributed by atoms with Crippen molar-refractivity contribution in [1.82, 2.24) is 4.90 Å². The SMILES string of the molecule is CC(C)C1CCCN(C(=O)c2ccc(N)cc2F)CC1. The standard InChI is InChI=1S/C16H23FN2O/c1-11(2)12-4-3-8-19(9-7-12)16(20)14-6-5-13(18)10-15(14)17/h5-6,10-12H,3-4,7-9,18H2,1-2H3. The van der Waals surface area contributed by atoms with Crippen LogP contribution in [0.1, 0.15) is 43.5 Å². The van der Waals surface area contributed by atoms with Crippen molar-refractivity contribution in [3.63, 3.8) is 0 Å². The Hall–Kier alpha value is -1.58. The topological polar surface area (TPSA) is 46.3 Å². The Kier molecular flexibility index (Phi) is 4.63. The molecule has 1 fully saturated rings. The van der Waals surface area contributed by atoms with E-state index in [1.54, 1.807) is 11.0 Å². The summed E-state index contributed by atoms with van der Waals surface area (Å²) in [5.41, 5.74) is 5.99. The molecule has 1 amide bonds. The van der Waals surface area contributed by atoms with Gasteiger partial charge in [0, 0.05) is 18.8 Å². The van der Waals surface area contributed by atoms with Gasteiger partial charge in [0.1, 0.15) is 5.82 Å². The van der Waals surface area contributed by atoms with Crippen molar-refractivity contribution >= 4 is 11.6 Å². The molecule has 110 valence electrons. The molecule has 4 heteroatoms. The van der Waals surface area contributed by atoms with Crippen LogP contribution in [0.2, 0.25) is 0 Å². The first kappa shape index (κ1) is 14.8. The summed E-state index contributed by atoms with van der Waals surface area (Å²) in [5.74, 6) is 0.550. The smallest absolute Gasteiger partial charge is 0.256 e. The fourth-order valence-corrected chi connectivity index (χ4v) is 2.87. The van der Waals surface area contributed by atoms with E-state index in [1.165, 1.54) is 12.1 Å². The number of nitrogen functional groups attached to an aromatic ring is 1. The van der Waals surface area contributed by atoms with Crippen molar-refractivity contribution in [2.75, 3.05) is 18.8 Å². The summed E-state index contributed by atoms with van der Waals surface area (Å²) in [6.07, 6.45) is 3.14. The Balaban J connectivity index is 2.09. The number of hydrogen-bond acceptors (Lipinski definition) is 2. The van der Waals surface area contributed by atoms with Gasteiger partial charge in [0.25, 0.3) is 5.91 Å². The van der Waals surface area contributed by atoms with E-state index in [0.717, 1.165) is 19.3 Å². The lowest BCUT2D eigenvalue weighted by Gasteiger charge is -2.22. The van der Waals surface area contributed by atoms with Crippen LogP contribution in [-0.2, 0) is 0 Å². The maximum absolute atomic E-state index is 13.8. The fourth-order valence-electron chi connectivity index (χ4n) is 2.87. The minimum Gasteiger partial charge on any atom is -0.399 e. The second kappa shape index (κ2) is 6.25. The molecule has 1 unspecified atom stereocenters. The summed E-state index contributed by atoms with van der Waals surface area (Å²) in [6.45, 7) is 5.88. The number of rotatable bonds is 2. The van der Waals surface area contributed by atoms with Gasteiger partial charge in [-0.05, 0) is 49.3 Å². The number of nitrogens with two attached hydrogens (primary N) is 1. The summed E-state index contributed by atoms with van der Waals surface area (Å²) in [4.78, 5) is 14.2. The van der Waals surface area contributed by atoms with Crippen molar-refractivity contribution in [2.24, 2.45) is 11.8 Å². The zero-order valence-corrected chi connectivity index (χ0v) is 12.2. The lowest BCUT2D eigenvalue weighted by Crippen LogP contribution is -2.32. The Morgan fingerprint density at radius 3 is 2.75 bits per heavy atom. The predicted octanol–water partition coefficient (Wildman–Crippen LogP) is 3.31. The number of likely N-dealkylation sites (tertiary alicyclic amines) is 1. The third kappa shape index (κ3) is 3.30. The van der Waals surface area contributed by atoms with Gasteiger partial charge >= 0.3 is 0 Å². The number of anilines is 1. The van der Waals surface area contributed by atoms with Crippen LogP contribution in [0.4, 0.5) is 10.1 Å². The second-order valence-corrected chi connectivity index (χ2v) is 5.97. The van der Waals surface area contributed by atoms with Gasteiger partial charge in [-0.3, -0.25) is 4.79 Å². The molecule has 20 heavy (non-hydrogen) atoms. The third-order valence-corrected chi connectivity index (χ3v) is 4.23. The van der Waals surface area contributed by atoms with Crippen LogP contribution < -0.4 is 5.73 Å². The number of benzene rings is 1. The van der Waals surface area contributed by atoms with Crippen LogP contribution in [0.25, 0.3) is 0 Å². The Labute approximate surface area is 120 Å². The Bertz CT molecular complexity index is 487. The van der Waals surface area contributed by atoms with Crippen LogP contribution in [0.3, 0.4) is 0 Å². The zero-order chi connectivity index (χ0) is 14.7. The maximum Gasteiger partial charge on any atom is 0.256 e. The summed E-state index contributed by atoms with van der Waals surface area (Å²) >= 11 is 0. The molecule has 1 atom stereocenters. The summed E-state index contributed by atoms with van der Waals surface area (Å²) < 4.78 is 13.8. The fraction of sp³-hybridized carbons (Fsp3) is 0.562. The first-order valence-corrected chi connectivity index (χ1v) is 7.33. The molecule has 1 aromatic carbocycles. The molecule has 1 heterocycles. The van der Waals surface area contributed by atoms with Crippen LogP contribution in [0.5, 0.6) is 0 Å². The van der Waals surface area contributed by atoms with Crippen LogP contribution in [-0.4, -0.2) is 23.9 Å². The van der Waals surface area contributed by atoms with Gasteiger partial charge < -0.3 is 10.6 Å². The molecule has 2 N–H and O–H groups in total. The van der Waals surface area contributed by atoms with E-state index < -0.39 is 5.82 Å². The first-order valence-electron chi connectivity index (χ1n) is 7.33. The molecule has 0 bridgehead atoms. The van der Waals surface area contributed by atoms with Crippen molar-refractivity contribution in [1.29, 1.82) is 0 Å². The van der Waals surface area contributed by atoms with Gasteiger partial charge in [0.2, 0.25) is 0 Å². The lowest BCUT2D eigenvalue weighted by atomic mass is 9.89. The van der Waals surface area contributed by atoms with Crippen molar-refractivity contribution in [3.8, 4) is 0 Å². The average molecular weight is 278 g/mol. The first-order chi connectivity index (χ1) is 9.49. The minimum atomic E-state index is -0.528. The van der Waals surface area contributed by atoms with Crippen molar-refractivity contribution in [3.05, 3.63) is 29.6 Å². The van der Waals surface area contributed by atoms with E-state index in [-0.39, 0.29) is 11.5 Å². The van der Waals surface area contributed by atoms with E-state index in [1.807, 2.05) is 0 Å². The number of hydrogen-bond donors (Lipinski definition) is 1. The summed E-state index contributed by atoms with van der Waals surface area (Å²) in [6, 6.07) is 4.27. The van der Waals surface area contributed by atoms with Gasteiger partial charge in [-0.25, -0.2) is 4.39 Å². The monoisotopic (exact) mass is 278 g/mol. The second-order valence-electron chi connectivity index (χ2n) is 5.97. The van der Waals surface area contributed by atoms with Gasteiger partial charge in [-0.1, -0.05) is 13.8 Å². The van der Waals surface area contributed by atoms with Gasteiger partial charge in [-0.15, -0.1) is 0 Å². The highest BCUT2D eigenvalue weighted by atomic mass is 19.1.